The van der Waals surface area contributed by atoms with E-state index in [1.165, 1.54) is 12.1 Å². The molecule has 5 heteroatoms. The molecule has 0 radical (unpaired) electrons. The first-order valence-electron chi connectivity index (χ1n) is 6.77. The first-order valence-corrected chi connectivity index (χ1v) is 6.77. The van der Waals surface area contributed by atoms with Gasteiger partial charge in [-0.15, -0.1) is 12.4 Å². The topological polar surface area (TPSA) is 60.4 Å². The van der Waals surface area contributed by atoms with E-state index in [2.05, 4.69) is 20.8 Å². The maximum Gasteiger partial charge on any atom is 0.102 e. The van der Waals surface area contributed by atoms with Crippen LogP contribution in [0.1, 0.15) is 31.1 Å². The molecule has 0 unspecified atom stereocenters. The second-order valence-corrected chi connectivity index (χ2v) is 4.39. The summed E-state index contributed by atoms with van der Waals surface area (Å²) >= 11 is 0. The lowest BCUT2D eigenvalue weighted by molar-refractivity contribution is -0.923. The summed E-state index contributed by atoms with van der Waals surface area (Å²) in [5.74, 6) is -1.13. The Hall–Kier alpha value is -1.10. The Kier molecular flexibility index (Phi) is 12.4. The van der Waals surface area contributed by atoms with Crippen LogP contribution in [0.2, 0.25) is 0 Å². The summed E-state index contributed by atoms with van der Waals surface area (Å²) in [7, 11) is 0. The highest BCUT2D eigenvalue weighted by Gasteiger charge is 2.18. The van der Waals surface area contributed by atoms with Crippen LogP contribution in [0.25, 0.3) is 0 Å². The molecule has 0 aliphatic rings. The van der Waals surface area contributed by atoms with Crippen molar-refractivity contribution in [1.82, 2.24) is 0 Å². The first kappa shape index (κ1) is 21.2. The number of carboxylic acids is 1. The van der Waals surface area contributed by atoms with Crippen molar-refractivity contribution in [3.05, 3.63) is 35.9 Å². The molecule has 0 aromatic heterocycles. The summed E-state index contributed by atoms with van der Waals surface area (Å²) in [6, 6.07) is 8.06. The van der Waals surface area contributed by atoms with Gasteiger partial charge in [-0.3, -0.25) is 0 Å². The number of carbonyl (C=O) groups is 1. The van der Waals surface area contributed by atoms with E-state index in [0.29, 0.717) is 6.61 Å². The van der Waals surface area contributed by atoms with Gasteiger partial charge in [0, 0.05) is 0 Å². The fourth-order valence-electron chi connectivity index (χ4n) is 1.93. The smallest absolute Gasteiger partial charge is 0.102 e. The third-order valence-corrected chi connectivity index (χ3v) is 3.60. The zero-order chi connectivity index (χ0) is 14.7. The van der Waals surface area contributed by atoms with Gasteiger partial charge in [-0.25, -0.2) is 0 Å². The van der Waals surface area contributed by atoms with Gasteiger partial charge in [0.1, 0.15) is 6.54 Å². The molecule has 4 nitrogen and oxygen atoms in total. The number of aromatic carboxylic acids is 1. The second kappa shape index (κ2) is 11.7. The molecular formula is C15H26ClNO3. The summed E-state index contributed by atoms with van der Waals surface area (Å²) in [4.78, 5) is 10.1. The third kappa shape index (κ3) is 7.48. The fourth-order valence-corrected chi connectivity index (χ4v) is 1.93. The van der Waals surface area contributed by atoms with Gasteiger partial charge in [-0.2, -0.15) is 0 Å². The summed E-state index contributed by atoms with van der Waals surface area (Å²) in [5, 5.41) is 18.9. The van der Waals surface area contributed by atoms with Crippen LogP contribution in [-0.4, -0.2) is 48.3 Å². The molecule has 0 fully saturated rings. The number of nitrogens with zero attached hydrogens (tertiary/aromatic N) is 1. The molecule has 0 amide bonds. The number of carbonyl (C=O) groups excluding carboxylic acids is 1. The predicted octanol–water partition coefficient (Wildman–Crippen LogP) is 1.33. The fraction of sp³-hybridized carbons (Fsp3) is 0.533. The lowest BCUT2D eigenvalue weighted by Crippen LogP contribution is -2.49. The van der Waals surface area contributed by atoms with Crippen LogP contribution >= 0.6 is 12.4 Å². The van der Waals surface area contributed by atoms with Gasteiger partial charge in [-0.1, -0.05) is 30.3 Å². The number of halogens is 1. The minimum Gasteiger partial charge on any atom is -0.545 e. The summed E-state index contributed by atoms with van der Waals surface area (Å²) in [6.45, 7) is 11.2. The van der Waals surface area contributed by atoms with Crippen molar-refractivity contribution in [2.45, 2.75) is 20.8 Å². The Morgan fingerprint density at radius 3 is 1.75 bits per heavy atom. The molecule has 0 atom stereocenters. The minimum atomic E-state index is -1.13. The largest absolute Gasteiger partial charge is 0.545 e. The van der Waals surface area contributed by atoms with E-state index in [0.717, 1.165) is 30.7 Å². The van der Waals surface area contributed by atoms with E-state index in [-0.39, 0.29) is 18.0 Å². The zero-order valence-corrected chi connectivity index (χ0v) is 13.4. The Bertz CT molecular complexity index is 345. The maximum absolute atomic E-state index is 10.1. The highest BCUT2D eigenvalue weighted by atomic mass is 35.5. The molecule has 0 aliphatic heterocycles. The molecule has 0 bridgehead atoms. The SMILES string of the molecule is CC[N+](CC)(CC)CCO.Cl.O=C([O-])c1ccccc1. The van der Waals surface area contributed by atoms with Crippen molar-refractivity contribution >= 4 is 18.4 Å². The molecule has 1 aromatic carbocycles. The average Bonchev–Trinajstić information content (AvgIpc) is 2.46. The van der Waals surface area contributed by atoms with Crippen LogP contribution in [0.3, 0.4) is 0 Å². The number of benzene rings is 1. The molecule has 0 heterocycles. The van der Waals surface area contributed by atoms with E-state index in [1.807, 2.05) is 0 Å². The van der Waals surface area contributed by atoms with E-state index < -0.39 is 5.97 Å². The number of likely N-dealkylation sites (N-methyl/N-ethyl adjacent to an activating group) is 1. The quantitative estimate of drug-likeness (QED) is 0.807. The molecule has 0 spiro atoms. The summed E-state index contributed by atoms with van der Waals surface area (Å²) in [6.07, 6.45) is 0. The van der Waals surface area contributed by atoms with Gasteiger partial charge in [0.25, 0.3) is 0 Å². The Morgan fingerprint density at radius 2 is 1.55 bits per heavy atom. The van der Waals surface area contributed by atoms with E-state index >= 15 is 0 Å². The Morgan fingerprint density at radius 1 is 1.10 bits per heavy atom. The number of quaternary nitrogens is 1. The van der Waals surface area contributed by atoms with Gasteiger partial charge >= 0.3 is 0 Å². The lowest BCUT2D eigenvalue weighted by atomic mass is 10.2. The standard InChI is InChI=1S/C8H20NO.C7H6O2.ClH/c1-4-9(5-2,6-3)7-8-10;8-7(9)6-4-2-1-3-5-6;/h10H,4-8H2,1-3H3;1-5H,(H,8,9);1H/q+1;;/p-1. The number of aliphatic hydroxyl groups excluding tert-OH is 1. The third-order valence-electron chi connectivity index (χ3n) is 3.60. The van der Waals surface area contributed by atoms with Gasteiger partial charge in [0.15, 0.2) is 0 Å². The lowest BCUT2D eigenvalue weighted by Gasteiger charge is -2.34. The molecule has 1 aromatic rings. The number of hydrogen-bond donors (Lipinski definition) is 1. The van der Waals surface area contributed by atoms with Crippen molar-refractivity contribution in [2.24, 2.45) is 0 Å². The van der Waals surface area contributed by atoms with Crippen LogP contribution in [-0.2, 0) is 0 Å². The van der Waals surface area contributed by atoms with Crippen molar-refractivity contribution in [3.63, 3.8) is 0 Å². The molecule has 0 saturated carbocycles. The minimum absolute atomic E-state index is 0. The number of aliphatic hydroxyl groups is 1. The number of rotatable bonds is 6. The van der Waals surface area contributed by atoms with Crippen molar-refractivity contribution in [1.29, 1.82) is 0 Å². The van der Waals surface area contributed by atoms with E-state index in [9.17, 15) is 9.90 Å². The van der Waals surface area contributed by atoms with Crippen molar-refractivity contribution in [2.75, 3.05) is 32.8 Å². The van der Waals surface area contributed by atoms with Crippen molar-refractivity contribution in [3.8, 4) is 0 Å². The molecule has 0 aliphatic carbocycles. The molecule has 116 valence electrons. The highest BCUT2D eigenvalue weighted by Crippen LogP contribution is 2.03. The monoisotopic (exact) mass is 303 g/mol. The number of carboxylic acid groups (broad SMARTS) is 1. The van der Waals surface area contributed by atoms with Crippen LogP contribution in [0, 0.1) is 0 Å². The van der Waals surface area contributed by atoms with Crippen LogP contribution < -0.4 is 5.11 Å². The van der Waals surface area contributed by atoms with Crippen LogP contribution in [0.15, 0.2) is 30.3 Å². The maximum atomic E-state index is 10.1. The van der Waals surface area contributed by atoms with Crippen molar-refractivity contribution < 1.29 is 19.5 Å². The van der Waals surface area contributed by atoms with Crippen LogP contribution in [0.5, 0.6) is 0 Å². The molecule has 1 rings (SSSR count). The molecule has 1 N–H and O–H groups in total. The van der Waals surface area contributed by atoms with Gasteiger partial charge < -0.3 is 19.5 Å². The van der Waals surface area contributed by atoms with Gasteiger partial charge in [-0.05, 0) is 26.3 Å². The predicted molar refractivity (Wildman–Crippen MR) is 81.9 cm³/mol. The van der Waals surface area contributed by atoms with Gasteiger partial charge in [0.2, 0.25) is 0 Å². The van der Waals surface area contributed by atoms with E-state index in [4.69, 9.17) is 5.11 Å². The Labute approximate surface area is 128 Å². The normalized spacial score (nSPS) is 10.0. The van der Waals surface area contributed by atoms with Crippen LogP contribution in [0.4, 0.5) is 0 Å². The second-order valence-electron chi connectivity index (χ2n) is 4.39. The molecule has 20 heavy (non-hydrogen) atoms. The number of hydrogen-bond acceptors (Lipinski definition) is 3. The van der Waals surface area contributed by atoms with Gasteiger partial charge in [0.05, 0.1) is 32.2 Å². The summed E-state index contributed by atoms with van der Waals surface area (Å²) < 4.78 is 1.05. The summed E-state index contributed by atoms with van der Waals surface area (Å²) in [5.41, 5.74) is 0.220. The molecule has 0 saturated heterocycles. The highest BCUT2D eigenvalue weighted by molar-refractivity contribution is 5.85. The first-order chi connectivity index (χ1) is 9.05. The zero-order valence-electron chi connectivity index (χ0n) is 12.5. The Balaban J connectivity index is 0. The average molecular weight is 304 g/mol. The molecular weight excluding hydrogens is 278 g/mol. The van der Waals surface area contributed by atoms with E-state index in [1.54, 1.807) is 18.2 Å².